The van der Waals surface area contributed by atoms with Gasteiger partial charge in [0, 0.05) is 5.56 Å². The molecular weight excluding hydrogens is 184 g/mol. The zero-order valence-electron chi connectivity index (χ0n) is 9.49. The molecule has 0 spiro atoms. The van der Waals surface area contributed by atoms with Gasteiger partial charge in [0.15, 0.2) is 0 Å². The van der Waals surface area contributed by atoms with Gasteiger partial charge in [-0.2, -0.15) is 0 Å². The Morgan fingerprint density at radius 3 is 2.67 bits per heavy atom. The Kier molecular flexibility index (Phi) is 2.81. The summed E-state index contributed by atoms with van der Waals surface area (Å²) >= 11 is 0. The molecule has 1 heteroatoms. The summed E-state index contributed by atoms with van der Waals surface area (Å²) in [6, 6.07) is 6.47. The van der Waals surface area contributed by atoms with Gasteiger partial charge in [-0.1, -0.05) is 18.7 Å². The molecule has 0 amide bonds. The molecule has 1 aromatic rings. The van der Waals surface area contributed by atoms with Crippen LogP contribution in [0.1, 0.15) is 43.7 Å². The van der Waals surface area contributed by atoms with Gasteiger partial charge in [-0.15, -0.1) is 0 Å². The van der Waals surface area contributed by atoms with E-state index in [1.165, 1.54) is 18.4 Å². The molecule has 0 radical (unpaired) electrons. The van der Waals surface area contributed by atoms with Gasteiger partial charge in [0.25, 0.3) is 0 Å². The van der Waals surface area contributed by atoms with Crippen molar-refractivity contribution in [1.29, 1.82) is 0 Å². The van der Waals surface area contributed by atoms with E-state index in [0.717, 1.165) is 17.2 Å². The standard InChI is InChI=1S/C14H18O/c1-4-11-9-13(12-5-6-12)7-8-14(11)15-10(2)3/h4,7-10,12H,1,5-6H2,2-3H3. The third-order valence-electron chi connectivity index (χ3n) is 2.67. The van der Waals surface area contributed by atoms with Gasteiger partial charge < -0.3 is 4.74 Å². The van der Waals surface area contributed by atoms with Crippen molar-refractivity contribution in [3.63, 3.8) is 0 Å². The van der Waals surface area contributed by atoms with Crippen molar-refractivity contribution in [3.05, 3.63) is 35.9 Å². The van der Waals surface area contributed by atoms with Crippen molar-refractivity contribution < 1.29 is 4.74 Å². The summed E-state index contributed by atoms with van der Waals surface area (Å²) in [5, 5.41) is 0. The minimum absolute atomic E-state index is 0.218. The van der Waals surface area contributed by atoms with Gasteiger partial charge in [-0.05, 0) is 50.3 Å². The molecule has 0 unspecified atom stereocenters. The summed E-state index contributed by atoms with van der Waals surface area (Å²) < 4.78 is 5.72. The van der Waals surface area contributed by atoms with Crippen LogP contribution in [0, 0.1) is 0 Å². The lowest BCUT2D eigenvalue weighted by atomic mass is 10.1. The minimum Gasteiger partial charge on any atom is -0.490 e. The first-order valence-electron chi connectivity index (χ1n) is 5.63. The molecule has 0 aromatic heterocycles. The first-order valence-corrected chi connectivity index (χ1v) is 5.63. The summed E-state index contributed by atoms with van der Waals surface area (Å²) in [7, 11) is 0. The van der Waals surface area contributed by atoms with Gasteiger partial charge in [0.1, 0.15) is 5.75 Å². The molecule has 0 bridgehead atoms. The molecule has 2 rings (SSSR count). The monoisotopic (exact) mass is 202 g/mol. The van der Waals surface area contributed by atoms with E-state index in [-0.39, 0.29) is 6.10 Å². The number of benzene rings is 1. The second-order valence-corrected chi connectivity index (χ2v) is 4.44. The Balaban J connectivity index is 2.26. The molecule has 80 valence electrons. The smallest absolute Gasteiger partial charge is 0.126 e. The van der Waals surface area contributed by atoms with Crippen LogP contribution < -0.4 is 4.74 Å². The highest BCUT2D eigenvalue weighted by molar-refractivity contribution is 5.57. The normalized spacial score (nSPS) is 15.4. The molecule has 1 aliphatic rings. The average molecular weight is 202 g/mol. The predicted octanol–water partition coefficient (Wildman–Crippen LogP) is 3.99. The lowest BCUT2D eigenvalue weighted by Crippen LogP contribution is -2.06. The van der Waals surface area contributed by atoms with Crippen LogP contribution in [0.15, 0.2) is 24.8 Å². The lowest BCUT2D eigenvalue weighted by Gasteiger charge is -2.13. The number of hydrogen-bond donors (Lipinski definition) is 0. The fraction of sp³-hybridized carbons (Fsp3) is 0.429. The molecule has 0 saturated heterocycles. The van der Waals surface area contributed by atoms with E-state index in [0.29, 0.717) is 0 Å². The number of rotatable bonds is 4. The molecule has 0 N–H and O–H groups in total. The first-order chi connectivity index (χ1) is 7.20. The van der Waals surface area contributed by atoms with Gasteiger partial charge in [-0.25, -0.2) is 0 Å². The van der Waals surface area contributed by atoms with E-state index in [4.69, 9.17) is 4.74 Å². The van der Waals surface area contributed by atoms with Crippen molar-refractivity contribution in [1.82, 2.24) is 0 Å². The summed E-state index contributed by atoms with van der Waals surface area (Å²) in [5.41, 5.74) is 2.55. The van der Waals surface area contributed by atoms with Crippen LogP contribution in [0.5, 0.6) is 5.75 Å². The van der Waals surface area contributed by atoms with E-state index >= 15 is 0 Å². The zero-order valence-corrected chi connectivity index (χ0v) is 9.49. The molecule has 1 aliphatic carbocycles. The van der Waals surface area contributed by atoms with Crippen molar-refractivity contribution >= 4 is 6.08 Å². The molecule has 1 saturated carbocycles. The maximum absolute atomic E-state index is 5.72. The largest absolute Gasteiger partial charge is 0.490 e. The van der Waals surface area contributed by atoms with Crippen LogP contribution in [-0.4, -0.2) is 6.10 Å². The molecule has 1 aromatic carbocycles. The highest BCUT2D eigenvalue weighted by Gasteiger charge is 2.23. The van der Waals surface area contributed by atoms with E-state index in [2.05, 4.69) is 24.8 Å². The van der Waals surface area contributed by atoms with Crippen LogP contribution in [0.2, 0.25) is 0 Å². The molecule has 1 fully saturated rings. The van der Waals surface area contributed by atoms with Crippen LogP contribution >= 0.6 is 0 Å². The third-order valence-corrected chi connectivity index (χ3v) is 2.67. The Morgan fingerprint density at radius 2 is 2.13 bits per heavy atom. The van der Waals surface area contributed by atoms with Gasteiger partial charge in [-0.3, -0.25) is 0 Å². The quantitative estimate of drug-likeness (QED) is 0.717. The summed E-state index contributed by atoms with van der Waals surface area (Å²) in [4.78, 5) is 0. The zero-order chi connectivity index (χ0) is 10.8. The number of hydrogen-bond acceptors (Lipinski definition) is 1. The topological polar surface area (TPSA) is 9.23 Å². The highest BCUT2D eigenvalue weighted by atomic mass is 16.5. The number of ether oxygens (including phenoxy) is 1. The van der Waals surface area contributed by atoms with E-state index in [9.17, 15) is 0 Å². The molecule has 1 nitrogen and oxygen atoms in total. The summed E-state index contributed by atoms with van der Waals surface area (Å²) in [6.07, 6.45) is 4.77. The first kappa shape index (κ1) is 10.3. The molecule has 0 atom stereocenters. The van der Waals surface area contributed by atoms with Crippen LogP contribution in [0.4, 0.5) is 0 Å². The minimum atomic E-state index is 0.218. The SMILES string of the molecule is C=Cc1cc(C2CC2)ccc1OC(C)C. The summed E-state index contributed by atoms with van der Waals surface area (Å²) in [6.45, 7) is 7.93. The molecule has 0 heterocycles. The lowest BCUT2D eigenvalue weighted by molar-refractivity contribution is 0.242. The average Bonchev–Trinajstić information content (AvgIpc) is 3.01. The Hall–Kier alpha value is -1.24. The Morgan fingerprint density at radius 1 is 1.40 bits per heavy atom. The van der Waals surface area contributed by atoms with Gasteiger partial charge in [0.05, 0.1) is 6.10 Å². The Bertz CT molecular complexity index is 362. The fourth-order valence-electron chi connectivity index (χ4n) is 1.76. The van der Waals surface area contributed by atoms with Crippen LogP contribution in [0.25, 0.3) is 6.08 Å². The molecule has 15 heavy (non-hydrogen) atoms. The fourth-order valence-corrected chi connectivity index (χ4v) is 1.76. The second kappa shape index (κ2) is 4.09. The van der Waals surface area contributed by atoms with E-state index in [1.807, 2.05) is 19.9 Å². The second-order valence-electron chi connectivity index (χ2n) is 4.44. The van der Waals surface area contributed by atoms with Crippen LogP contribution in [0.3, 0.4) is 0 Å². The highest BCUT2D eigenvalue weighted by Crippen LogP contribution is 2.41. The maximum Gasteiger partial charge on any atom is 0.126 e. The van der Waals surface area contributed by atoms with Crippen LogP contribution in [-0.2, 0) is 0 Å². The predicted molar refractivity (Wildman–Crippen MR) is 64.3 cm³/mol. The van der Waals surface area contributed by atoms with E-state index in [1.54, 1.807) is 0 Å². The van der Waals surface area contributed by atoms with Gasteiger partial charge >= 0.3 is 0 Å². The molecular formula is C14H18O. The van der Waals surface area contributed by atoms with Crippen molar-refractivity contribution in [2.75, 3.05) is 0 Å². The third kappa shape index (κ3) is 2.41. The van der Waals surface area contributed by atoms with E-state index < -0.39 is 0 Å². The molecule has 0 aliphatic heterocycles. The van der Waals surface area contributed by atoms with Crippen molar-refractivity contribution in [2.24, 2.45) is 0 Å². The van der Waals surface area contributed by atoms with Gasteiger partial charge in [0.2, 0.25) is 0 Å². The summed E-state index contributed by atoms with van der Waals surface area (Å²) in [5.74, 6) is 1.74. The van der Waals surface area contributed by atoms with Crippen molar-refractivity contribution in [2.45, 2.75) is 38.7 Å². The van der Waals surface area contributed by atoms with Crippen molar-refractivity contribution in [3.8, 4) is 5.75 Å². The maximum atomic E-state index is 5.72. The Labute approximate surface area is 91.8 Å².